The molecule has 6 nitrogen and oxygen atoms in total. The van der Waals surface area contributed by atoms with Crippen molar-refractivity contribution >= 4 is 0 Å². The zero-order valence-corrected chi connectivity index (χ0v) is 12.5. The van der Waals surface area contributed by atoms with Crippen molar-refractivity contribution in [2.75, 3.05) is 19.8 Å². The van der Waals surface area contributed by atoms with Gasteiger partial charge in [-0.15, -0.1) is 0 Å². The quantitative estimate of drug-likeness (QED) is 0.860. The monoisotopic (exact) mass is 300 g/mol. The fourth-order valence-electron chi connectivity index (χ4n) is 3.27. The van der Waals surface area contributed by atoms with Crippen LogP contribution in [-0.4, -0.2) is 45.5 Å². The van der Waals surface area contributed by atoms with Gasteiger partial charge in [-0.25, -0.2) is 4.98 Å². The molecule has 22 heavy (non-hydrogen) atoms. The highest BCUT2D eigenvalue weighted by molar-refractivity contribution is 5.43. The topological polar surface area (TPSA) is 52.4 Å². The van der Waals surface area contributed by atoms with E-state index in [2.05, 4.69) is 27.1 Å². The summed E-state index contributed by atoms with van der Waals surface area (Å²) in [6.07, 6.45) is 5.84. The first-order chi connectivity index (χ1) is 10.9. The molecule has 3 heterocycles. The minimum atomic E-state index is 0.523. The molecule has 4 rings (SSSR count). The number of benzene rings is 1. The van der Waals surface area contributed by atoms with E-state index >= 15 is 0 Å². The maximum absolute atomic E-state index is 5.67. The summed E-state index contributed by atoms with van der Waals surface area (Å²) in [6, 6.07) is 6.79. The fourth-order valence-corrected chi connectivity index (χ4v) is 3.27. The van der Waals surface area contributed by atoms with Crippen LogP contribution in [0.1, 0.15) is 18.4 Å². The van der Waals surface area contributed by atoms with Crippen LogP contribution >= 0.6 is 0 Å². The lowest BCUT2D eigenvalue weighted by atomic mass is 10.1. The van der Waals surface area contributed by atoms with Crippen molar-refractivity contribution < 1.29 is 9.47 Å². The molecule has 0 bridgehead atoms. The smallest absolute Gasteiger partial charge is 0.161 e. The van der Waals surface area contributed by atoms with Crippen LogP contribution in [0.3, 0.4) is 0 Å². The maximum Gasteiger partial charge on any atom is 0.161 e. The average molecular weight is 300 g/mol. The summed E-state index contributed by atoms with van der Waals surface area (Å²) >= 11 is 0. The summed E-state index contributed by atoms with van der Waals surface area (Å²) < 4.78 is 13.2. The van der Waals surface area contributed by atoms with Crippen LogP contribution in [0.4, 0.5) is 0 Å². The Morgan fingerprint density at radius 3 is 2.95 bits per heavy atom. The Morgan fingerprint density at radius 2 is 2.09 bits per heavy atom. The molecular weight excluding hydrogens is 280 g/mol. The van der Waals surface area contributed by atoms with Crippen LogP contribution in [-0.2, 0) is 13.1 Å². The van der Waals surface area contributed by atoms with Crippen molar-refractivity contribution in [1.82, 2.24) is 19.7 Å². The molecule has 2 aliphatic heterocycles. The number of hydrogen-bond acceptors (Lipinski definition) is 5. The molecule has 0 spiro atoms. The summed E-state index contributed by atoms with van der Waals surface area (Å²) in [6.45, 7) is 4.25. The molecule has 1 fully saturated rings. The van der Waals surface area contributed by atoms with E-state index in [4.69, 9.17) is 9.47 Å². The van der Waals surface area contributed by atoms with Gasteiger partial charge in [0.05, 0.1) is 6.54 Å². The Labute approximate surface area is 129 Å². The van der Waals surface area contributed by atoms with Crippen molar-refractivity contribution in [3.63, 3.8) is 0 Å². The maximum atomic E-state index is 5.67. The van der Waals surface area contributed by atoms with Crippen LogP contribution in [0.25, 0.3) is 0 Å². The highest BCUT2D eigenvalue weighted by Crippen LogP contribution is 2.32. The molecule has 1 unspecified atom stereocenters. The van der Waals surface area contributed by atoms with E-state index < -0.39 is 0 Å². The van der Waals surface area contributed by atoms with E-state index in [-0.39, 0.29) is 0 Å². The largest absolute Gasteiger partial charge is 0.486 e. The van der Waals surface area contributed by atoms with Gasteiger partial charge in [0.15, 0.2) is 11.5 Å². The molecule has 1 atom stereocenters. The second-order valence-corrected chi connectivity index (χ2v) is 5.86. The predicted octanol–water partition coefficient (Wildman–Crippen LogP) is 1.71. The molecule has 0 aliphatic carbocycles. The van der Waals surface area contributed by atoms with Gasteiger partial charge >= 0.3 is 0 Å². The highest BCUT2D eigenvalue weighted by Gasteiger charge is 2.25. The summed E-state index contributed by atoms with van der Waals surface area (Å²) in [5, 5.41) is 4.22. The van der Waals surface area contributed by atoms with Crippen LogP contribution in [0.2, 0.25) is 0 Å². The number of ether oxygens (including phenoxy) is 2. The van der Waals surface area contributed by atoms with Crippen LogP contribution in [0.5, 0.6) is 11.5 Å². The highest BCUT2D eigenvalue weighted by atomic mass is 16.6. The average Bonchev–Trinajstić information content (AvgIpc) is 3.20. The minimum absolute atomic E-state index is 0.523. The summed E-state index contributed by atoms with van der Waals surface area (Å²) in [7, 11) is 0. The normalized spacial score (nSPS) is 21.2. The lowest BCUT2D eigenvalue weighted by molar-refractivity contribution is 0.170. The molecule has 1 aromatic heterocycles. The van der Waals surface area contributed by atoms with E-state index in [0.29, 0.717) is 19.3 Å². The first-order valence-corrected chi connectivity index (χ1v) is 7.83. The third-order valence-corrected chi connectivity index (χ3v) is 4.36. The number of fused-ring (bicyclic) bond motifs is 1. The molecule has 0 radical (unpaired) electrons. The second-order valence-electron chi connectivity index (χ2n) is 5.86. The van der Waals surface area contributed by atoms with Gasteiger partial charge in [-0.05, 0) is 37.1 Å². The Hall–Kier alpha value is -2.08. The Kier molecular flexibility index (Phi) is 3.68. The van der Waals surface area contributed by atoms with Gasteiger partial charge in [0.1, 0.15) is 25.9 Å². The predicted molar refractivity (Wildman–Crippen MR) is 80.9 cm³/mol. The van der Waals surface area contributed by atoms with Crippen LogP contribution in [0, 0.1) is 0 Å². The molecule has 0 saturated carbocycles. The first-order valence-electron chi connectivity index (χ1n) is 7.83. The molecule has 0 amide bonds. The van der Waals surface area contributed by atoms with Crippen molar-refractivity contribution in [3.8, 4) is 11.5 Å². The molecule has 1 aromatic carbocycles. The second kappa shape index (κ2) is 5.96. The number of nitrogens with zero attached hydrogens (tertiary/aromatic N) is 4. The Morgan fingerprint density at radius 1 is 1.18 bits per heavy atom. The van der Waals surface area contributed by atoms with Gasteiger partial charge in [0.25, 0.3) is 0 Å². The van der Waals surface area contributed by atoms with Crippen LogP contribution in [0.15, 0.2) is 30.9 Å². The molecule has 6 heteroatoms. The number of aromatic nitrogens is 3. The standard InChI is InChI=1S/C16H20N4O2/c1-2-14(10-20-12-17-11-18-20)19(5-1)9-13-3-4-15-16(8-13)22-7-6-21-15/h3-4,8,11-12,14H,1-2,5-7,9-10H2. The first kappa shape index (κ1) is 13.6. The van der Waals surface area contributed by atoms with Gasteiger partial charge in [-0.1, -0.05) is 6.07 Å². The van der Waals surface area contributed by atoms with Crippen molar-refractivity contribution in [2.24, 2.45) is 0 Å². The molecule has 1 saturated heterocycles. The van der Waals surface area contributed by atoms with E-state index in [0.717, 1.165) is 31.1 Å². The van der Waals surface area contributed by atoms with Gasteiger partial charge in [0.2, 0.25) is 0 Å². The zero-order chi connectivity index (χ0) is 14.8. The number of rotatable bonds is 4. The Bertz CT molecular complexity index is 629. The molecule has 2 aromatic rings. The third-order valence-electron chi connectivity index (χ3n) is 4.36. The van der Waals surface area contributed by atoms with Gasteiger partial charge in [-0.2, -0.15) is 5.10 Å². The lowest BCUT2D eigenvalue weighted by Gasteiger charge is -2.25. The van der Waals surface area contributed by atoms with E-state index in [9.17, 15) is 0 Å². The van der Waals surface area contributed by atoms with Crippen molar-refractivity contribution in [1.29, 1.82) is 0 Å². The third kappa shape index (κ3) is 2.78. The van der Waals surface area contributed by atoms with E-state index in [1.165, 1.54) is 18.4 Å². The number of likely N-dealkylation sites (tertiary alicyclic amines) is 1. The van der Waals surface area contributed by atoms with Crippen LogP contribution < -0.4 is 9.47 Å². The van der Waals surface area contributed by atoms with Gasteiger partial charge in [-0.3, -0.25) is 9.58 Å². The summed E-state index contributed by atoms with van der Waals surface area (Å²) in [4.78, 5) is 6.55. The summed E-state index contributed by atoms with van der Waals surface area (Å²) in [5.41, 5.74) is 1.27. The van der Waals surface area contributed by atoms with E-state index in [1.807, 2.05) is 10.7 Å². The number of hydrogen-bond donors (Lipinski definition) is 0. The van der Waals surface area contributed by atoms with Gasteiger partial charge in [0, 0.05) is 12.6 Å². The SMILES string of the molecule is c1ncn(CC2CCCN2Cc2ccc3c(c2)OCCO3)n1. The molecule has 0 N–H and O–H groups in total. The molecular formula is C16H20N4O2. The van der Waals surface area contributed by atoms with Crippen molar-refractivity contribution in [3.05, 3.63) is 36.4 Å². The van der Waals surface area contributed by atoms with Crippen molar-refractivity contribution in [2.45, 2.75) is 32.0 Å². The zero-order valence-electron chi connectivity index (χ0n) is 12.5. The lowest BCUT2D eigenvalue weighted by Crippen LogP contribution is -2.32. The summed E-state index contributed by atoms with van der Waals surface area (Å²) in [5.74, 6) is 1.73. The Balaban J connectivity index is 1.45. The fraction of sp³-hybridized carbons (Fsp3) is 0.500. The molecule has 2 aliphatic rings. The molecule has 116 valence electrons. The minimum Gasteiger partial charge on any atom is -0.486 e. The van der Waals surface area contributed by atoms with E-state index in [1.54, 1.807) is 12.7 Å². The van der Waals surface area contributed by atoms with Gasteiger partial charge < -0.3 is 9.47 Å².